The van der Waals surface area contributed by atoms with Gasteiger partial charge in [-0.1, -0.05) is 48.9 Å². The van der Waals surface area contributed by atoms with Crippen molar-refractivity contribution in [3.63, 3.8) is 0 Å². The standard InChI is InChI=1S/C33H33N5O/c1-7-24-10-11-26-27-9-8-15-35-32(27)39-31(26)30(24)29-19-25(33(4,5)6)14-17-36(29)21-38-23(3)13-18-37(38)28-12-16-34-20-22(28)2/h7-20H,1,21H2,2-6H3/q+2. The maximum absolute atomic E-state index is 6.44. The zero-order valence-corrected chi connectivity index (χ0v) is 23.1. The van der Waals surface area contributed by atoms with Gasteiger partial charge in [-0.3, -0.25) is 4.98 Å². The number of hydrogen-bond acceptors (Lipinski definition) is 3. The van der Waals surface area contributed by atoms with Crippen LogP contribution in [0.1, 0.15) is 43.2 Å². The molecular weight excluding hydrogens is 482 g/mol. The molecule has 0 unspecified atom stereocenters. The largest absolute Gasteiger partial charge is 0.437 e. The third-order valence-corrected chi connectivity index (χ3v) is 7.48. The number of hydrogen-bond donors (Lipinski definition) is 0. The average molecular weight is 516 g/mol. The summed E-state index contributed by atoms with van der Waals surface area (Å²) >= 11 is 0. The number of fused-ring (bicyclic) bond motifs is 3. The van der Waals surface area contributed by atoms with E-state index in [1.54, 1.807) is 6.20 Å². The molecule has 0 fully saturated rings. The molecule has 0 radical (unpaired) electrons. The lowest BCUT2D eigenvalue weighted by Gasteiger charge is -2.19. The van der Waals surface area contributed by atoms with Gasteiger partial charge in [-0.2, -0.15) is 4.57 Å². The Morgan fingerprint density at radius 1 is 1.00 bits per heavy atom. The first kappa shape index (κ1) is 24.7. The van der Waals surface area contributed by atoms with Crippen LogP contribution >= 0.6 is 0 Å². The summed E-state index contributed by atoms with van der Waals surface area (Å²) in [6.45, 7) is 15.7. The van der Waals surface area contributed by atoms with Gasteiger partial charge in [0.15, 0.2) is 11.8 Å². The number of furan rings is 1. The topological polar surface area (TPSA) is 51.6 Å². The summed E-state index contributed by atoms with van der Waals surface area (Å²) in [5.41, 5.74) is 9.15. The van der Waals surface area contributed by atoms with E-state index >= 15 is 0 Å². The number of aryl methyl sites for hydroxylation is 2. The molecule has 6 rings (SSSR count). The molecule has 0 aliphatic heterocycles. The Kier molecular flexibility index (Phi) is 5.91. The minimum absolute atomic E-state index is 0.0249. The van der Waals surface area contributed by atoms with Gasteiger partial charge in [0.25, 0.3) is 6.67 Å². The smallest absolute Gasteiger partial charge is 0.275 e. The van der Waals surface area contributed by atoms with Crippen LogP contribution < -0.4 is 9.25 Å². The van der Waals surface area contributed by atoms with E-state index in [2.05, 4.69) is 120 Å². The first-order valence-electron chi connectivity index (χ1n) is 13.2. The summed E-state index contributed by atoms with van der Waals surface area (Å²) < 4.78 is 13.2. The Labute approximate surface area is 228 Å². The molecule has 5 heterocycles. The summed E-state index contributed by atoms with van der Waals surface area (Å²) in [6.07, 6.45) is 11.7. The molecule has 0 aliphatic carbocycles. The second-order valence-corrected chi connectivity index (χ2v) is 11.1. The Hall–Kier alpha value is -4.58. The normalized spacial score (nSPS) is 11.9. The van der Waals surface area contributed by atoms with Crippen LogP contribution in [0.5, 0.6) is 0 Å². The van der Waals surface area contributed by atoms with E-state index in [4.69, 9.17) is 4.42 Å². The SMILES string of the molecule is C=Cc1ccc2c(oc3ncccc32)c1-c1cc(C(C)(C)C)cc[n+]1Cn1c(C)cc[n+]1-c1ccncc1C. The molecule has 6 nitrogen and oxygen atoms in total. The third-order valence-electron chi connectivity index (χ3n) is 7.48. The van der Waals surface area contributed by atoms with Crippen molar-refractivity contribution in [3.8, 4) is 16.9 Å². The second-order valence-electron chi connectivity index (χ2n) is 11.1. The summed E-state index contributed by atoms with van der Waals surface area (Å²) in [6, 6.07) is 17.0. The number of aromatic nitrogens is 5. The van der Waals surface area contributed by atoms with E-state index in [1.807, 2.05) is 24.5 Å². The van der Waals surface area contributed by atoms with Crippen molar-refractivity contribution in [1.29, 1.82) is 0 Å². The maximum atomic E-state index is 6.44. The van der Waals surface area contributed by atoms with Crippen LogP contribution in [0.2, 0.25) is 0 Å². The first-order valence-corrected chi connectivity index (χ1v) is 13.2. The van der Waals surface area contributed by atoms with Crippen molar-refractivity contribution >= 4 is 28.1 Å². The second kappa shape index (κ2) is 9.31. The van der Waals surface area contributed by atoms with Gasteiger partial charge in [0.05, 0.1) is 11.3 Å². The average Bonchev–Trinajstić information content (AvgIpc) is 3.48. The fourth-order valence-electron chi connectivity index (χ4n) is 5.23. The number of benzene rings is 1. The molecule has 0 amide bonds. The Morgan fingerprint density at radius 3 is 2.62 bits per heavy atom. The molecule has 0 spiro atoms. The lowest BCUT2D eigenvalue weighted by molar-refractivity contribution is -0.767. The monoisotopic (exact) mass is 515 g/mol. The molecule has 0 saturated carbocycles. The first-order chi connectivity index (χ1) is 18.8. The van der Waals surface area contributed by atoms with Gasteiger partial charge in [-0.05, 0) is 48.6 Å². The molecule has 5 aromatic heterocycles. The molecule has 6 heteroatoms. The van der Waals surface area contributed by atoms with Gasteiger partial charge in [-0.25, -0.2) is 4.98 Å². The maximum Gasteiger partial charge on any atom is 0.275 e. The van der Waals surface area contributed by atoms with Gasteiger partial charge in [-0.15, -0.1) is 0 Å². The van der Waals surface area contributed by atoms with E-state index in [-0.39, 0.29) is 5.41 Å². The van der Waals surface area contributed by atoms with Crippen molar-refractivity contribution < 1.29 is 13.7 Å². The highest BCUT2D eigenvalue weighted by Gasteiger charge is 2.28. The quantitative estimate of drug-likeness (QED) is 0.247. The molecule has 1 aromatic carbocycles. The predicted molar refractivity (Wildman–Crippen MR) is 155 cm³/mol. The molecule has 0 aliphatic rings. The van der Waals surface area contributed by atoms with Crippen LogP contribution in [0.25, 0.3) is 45.1 Å². The highest BCUT2D eigenvalue weighted by atomic mass is 16.3. The van der Waals surface area contributed by atoms with E-state index in [0.29, 0.717) is 12.4 Å². The lowest BCUT2D eigenvalue weighted by atomic mass is 9.86. The highest BCUT2D eigenvalue weighted by molar-refractivity contribution is 6.09. The van der Waals surface area contributed by atoms with Gasteiger partial charge < -0.3 is 4.42 Å². The van der Waals surface area contributed by atoms with Crippen LogP contribution in [0.4, 0.5) is 0 Å². The molecule has 0 saturated heterocycles. The zero-order chi connectivity index (χ0) is 27.3. The molecule has 0 bridgehead atoms. The van der Waals surface area contributed by atoms with E-state index < -0.39 is 0 Å². The minimum atomic E-state index is -0.0249. The molecule has 39 heavy (non-hydrogen) atoms. The van der Waals surface area contributed by atoms with Gasteiger partial charge in [0.1, 0.15) is 0 Å². The fraction of sp³-hybridized carbons (Fsp3) is 0.212. The number of rotatable bonds is 5. The Morgan fingerprint density at radius 2 is 1.85 bits per heavy atom. The molecule has 6 aromatic rings. The van der Waals surface area contributed by atoms with Crippen molar-refractivity contribution in [2.45, 2.75) is 46.7 Å². The zero-order valence-electron chi connectivity index (χ0n) is 23.1. The Balaban J connectivity index is 1.62. The van der Waals surface area contributed by atoms with E-state index in [9.17, 15) is 0 Å². The number of nitrogens with zero attached hydrogens (tertiary/aromatic N) is 5. The fourth-order valence-corrected chi connectivity index (χ4v) is 5.23. The van der Waals surface area contributed by atoms with Crippen molar-refractivity contribution in [3.05, 3.63) is 108 Å². The van der Waals surface area contributed by atoms with Crippen molar-refractivity contribution in [2.75, 3.05) is 0 Å². The molecule has 0 N–H and O–H groups in total. The number of pyridine rings is 3. The minimum Gasteiger partial charge on any atom is -0.437 e. The van der Waals surface area contributed by atoms with Crippen molar-refractivity contribution in [1.82, 2.24) is 14.6 Å². The summed E-state index contributed by atoms with van der Waals surface area (Å²) in [4.78, 5) is 8.79. The Bertz CT molecular complexity index is 1870. The van der Waals surface area contributed by atoms with Crippen LogP contribution in [0.3, 0.4) is 0 Å². The summed E-state index contributed by atoms with van der Waals surface area (Å²) in [7, 11) is 0. The van der Waals surface area contributed by atoms with Gasteiger partial charge in [0.2, 0.25) is 23.3 Å². The van der Waals surface area contributed by atoms with Crippen LogP contribution in [0, 0.1) is 13.8 Å². The summed E-state index contributed by atoms with van der Waals surface area (Å²) in [5, 5.41) is 2.06. The van der Waals surface area contributed by atoms with E-state index in [0.717, 1.165) is 50.1 Å². The van der Waals surface area contributed by atoms with Gasteiger partial charge >= 0.3 is 0 Å². The van der Waals surface area contributed by atoms with Crippen LogP contribution in [-0.2, 0) is 12.1 Å². The lowest BCUT2D eigenvalue weighted by Crippen LogP contribution is -2.50. The molecule has 194 valence electrons. The van der Waals surface area contributed by atoms with Crippen LogP contribution in [-0.4, -0.2) is 14.6 Å². The predicted octanol–water partition coefficient (Wildman–Crippen LogP) is 6.47. The third kappa shape index (κ3) is 4.22. The summed E-state index contributed by atoms with van der Waals surface area (Å²) in [5.74, 6) is 0. The molecular formula is C33H33N5O+2. The molecule has 0 atom stereocenters. The highest BCUT2D eigenvalue weighted by Crippen LogP contribution is 2.38. The van der Waals surface area contributed by atoms with Crippen LogP contribution in [0.15, 0.2) is 90.5 Å². The van der Waals surface area contributed by atoms with Gasteiger partial charge in [0, 0.05) is 59.2 Å². The van der Waals surface area contributed by atoms with Crippen molar-refractivity contribution in [2.24, 2.45) is 0 Å². The van der Waals surface area contributed by atoms with E-state index in [1.165, 1.54) is 5.56 Å².